The van der Waals surface area contributed by atoms with Crippen molar-refractivity contribution >= 4 is 17.2 Å². The standard InChI is InChI=1S/C14H20N2O2S/c1-2-6-16(10-13-4-3-8-19-13)14(18)11-15-7-5-12(17)9-15/h2-4,8,12,17H,1,5-7,9-11H2/t12-/m0/s1. The van der Waals surface area contributed by atoms with E-state index in [0.29, 0.717) is 26.2 Å². The van der Waals surface area contributed by atoms with E-state index in [1.165, 1.54) is 4.88 Å². The van der Waals surface area contributed by atoms with Crippen molar-refractivity contribution in [1.29, 1.82) is 0 Å². The quantitative estimate of drug-likeness (QED) is 0.800. The lowest BCUT2D eigenvalue weighted by atomic mass is 10.3. The van der Waals surface area contributed by atoms with Gasteiger partial charge < -0.3 is 10.0 Å². The fourth-order valence-electron chi connectivity index (χ4n) is 2.25. The number of likely N-dealkylation sites (tertiary alicyclic amines) is 1. The molecule has 1 N–H and O–H groups in total. The number of carbonyl (C=O) groups excluding carboxylic acids is 1. The maximum Gasteiger partial charge on any atom is 0.237 e. The summed E-state index contributed by atoms with van der Waals surface area (Å²) >= 11 is 1.66. The van der Waals surface area contributed by atoms with Crippen LogP contribution in [0.3, 0.4) is 0 Å². The normalized spacial score (nSPS) is 19.5. The Hall–Kier alpha value is -1.17. The van der Waals surface area contributed by atoms with Crippen LogP contribution in [0.1, 0.15) is 11.3 Å². The lowest BCUT2D eigenvalue weighted by molar-refractivity contribution is -0.132. The molecule has 0 radical (unpaired) electrons. The van der Waals surface area contributed by atoms with Crippen molar-refractivity contribution in [3.63, 3.8) is 0 Å². The summed E-state index contributed by atoms with van der Waals surface area (Å²) in [6.07, 6.45) is 2.24. The van der Waals surface area contributed by atoms with Gasteiger partial charge in [-0.15, -0.1) is 17.9 Å². The molecule has 104 valence electrons. The number of thiophene rings is 1. The van der Waals surface area contributed by atoms with Crippen LogP contribution in [0.5, 0.6) is 0 Å². The molecule has 0 aromatic carbocycles. The second-order valence-corrected chi connectivity index (χ2v) is 5.85. The Bertz CT molecular complexity index is 419. The summed E-state index contributed by atoms with van der Waals surface area (Å²) in [6, 6.07) is 4.03. The Morgan fingerprint density at radius 3 is 3.11 bits per heavy atom. The monoisotopic (exact) mass is 280 g/mol. The number of hydrogen-bond acceptors (Lipinski definition) is 4. The molecule has 1 aliphatic heterocycles. The average Bonchev–Trinajstić information content (AvgIpc) is 3.01. The molecular weight excluding hydrogens is 260 g/mol. The van der Waals surface area contributed by atoms with E-state index in [1.54, 1.807) is 17.4 Å². The zero-order chi connectivity index (χ0) is 13.7. The summed E-state index contributed by atoms with van der Waals surface area (Å²) in [5.41, 5.74) is 0. The number of aliphatic hydroxyl groups excluding tert-OH is 1. The van der Waals surface area contributed by atoms with Gasteiger partial charge in [-0.25, -0.2) is 0 Å². The highest BCUT2D eigenvalue weighted by atomic mass is 32.1. The fourth-order valence-corrected chi connectivity index (χ4v) is 2.97. The minimum absolute atomic E-state index is 0.0994. The van der Waals surface area contributed by atoms with Crippen molar-refractivity contribution in [3.05, 3.63) is 35.0 Å². The Balaban J connectivity index is 1.90. The third kappa shape index (κ3) is 4.16. The predicted molar refractivity (Wildman–Crippen MR) is 77.0 cm³/mol. The molecule has 4 nitrogen and oxygen atoms in total. The first-order valence-corrected chi connectivity index (χ1v) is 7.38. The van der Waals surface area contributed by atoms with Crippen LogP contribution in [0.2, 0.25) is 0 Å². The highest BCUT2D eigenvalue weighted by molar-refractivity contribution is 7.09. The summed E-state index contributed by atoms with van der Waals surface area (Å²) in [4.78, 5) is 17.3. The second-order valence-electron chi connectivity index (χ2n) is 4.82. The molecule has 2 heterocycles. The molecule has 1 aromatic heterocycles. The molecule has 1 fully saturated rings. The van der Waals surface area contributed by atoms with Crippen LogP contribution < -0.4 is 0 Å². The molecule has 0 bridgehead atoms. The summed E-state index contributed by atoms with van der Waals surface area (Å²) < 4.78 is 0. The first-order valence-electron chi connectivity index (χ1n) is 6.50. The van der Waals surface area contributed by atoms with E-state index >= 15 is 0 Å². The maximum absolute atomic E-state index is 12.3. The number of carbonyl (C=O) groups is 1. The van der Waals surface area contributed by atoms with E-state index in [4.69, 9.17) is 0 Å². The van der Waals surface area contributed by atoms with E-state index < -0.39 is 0 Å². The minimum atomic E-state index is -0.280. The van der Waals surface area contributed by atoms with Crippen LogP contribution in [-0.2, 0) is 11.3 Å². The number of amides is 1. The summed E-state index contributed by atoms with van der Waals surface area (Å²) in [5, 5.41) is 11.5. The lowest BCUT2D eigenvalue weighted by Gasteiger charge is -2.23. The van der Waals surface area contributed by atoms with E-state index in [2.05, 4.69) is 6.58 Å². The van der Waals surface area contributed by atoms with Crippen molar-refractivity contribution in [2.45, 2.75) is 19.1 Å². The molecule has 1 aliphatic rings. The third-order valence-electron chi connectivity index (χ3n) is 3.24. The molecule has 0 spiro atoms. The van der Waals surface area contributed by atoms with Gasteiger partial charge in [0.05, 0.1) is 19.2 Å². The molecule has 1 aromatic rings. The number of β-amino-alcohol motifs (C(OH)–C–C–N with tert-alkyl or cyclic N) is 1. The van der Waals surface area contributed by atoms with E-state index in [-0.39, 0.29) is 12.0 Å². The van der Waals surface area contributed by atoms with Crippen molar-refractivity contribution in [2.24, 2.45) is 0 Å². The van der Waals surface area contributed by atoms with Gasteiger partial charge in [-0.05, 0) is 17.9 Å². The van der Waals surface area contributed by atoms with Crippen LogP contribution in [0.15, 0.2) is 30.2 Å². The zero-order valence-corrected chi connectivity index (χ0v) is 11.8. The molecule has 1 amide bonds. The molecule has 5 heteroatoms. The van der Waals surface area contributed by atoms with Gasteiger partial charge in [-0.1, -0.05) is 12.1 Å². The van der Waals surface area contributed by atoms with Crippen LogP contribution in [0, 0.1) is 0 Å². The van der Waals surface area contributed by atoms with Gasteiger partial charge in [-0.2, -0.15) is 0 Å². The molecule has 1 saturated heterocycles. The third-order valence-corrected chi connectivity index (χ3v) is 4.10. The number of rotatable bonds is 6. The van der Waals surface area contributed by atoms with Crippen molar-refractivity contribution in [2.75, 3.05) is 26.2 Å². The van der Waals surface area contributed by atoms with Gasteiger partial charge in [-0.3, -0.25) is 9.69 Å². The molecule has 0 unspecified atom stereocenters. The topological polar surface area (TPSA) is 43.8 Å². The van der Waals surface area contributed by atoms with E-state index in [1.807, 2.05) is 27.3 Å². The Morgan fingerprint density at radius 1 is 1.68 bits per heavy atom. The first-order chi connectivity index (χ1) is 9.19. The predicted octanol–water partition coefficient (Wildman–Crippen LogP) is 1.33. The SMILES string of the molecule is C=CCN(Cc1cccs1)C(=O)CN1CC[C@H](O)C1. The molecular formula is C14H20N2O2S. The Labute approximate surface area is 118 Å². The van der Waals surface area contributed by atoms with Crippen molar-refractivity contribution in [1.82, 2.24) is 9.80 Å². The van der Waals surface area contributed by atoms with Gasteiger partial charge in [0, 0.05) is 24.5 Å². The molecule has 0 saturated carbocycles. The van der Waals surface area contributed by atoms with E-state index in [9.17, 15) is 9.90 Å². The average molecular weight is 280 g/mol. The molecule has 19 heavy (non-hydrogen) atoms. The molecule has 0 aliphatic carbocycles. The molecule has 1 atom stereocenters. The summed E-state index contributed by atoms with van der Waals surface area (Å²) in [6.45, 7) is 6.70. The summed E-state index contributed by atoms with van der Waals surface area (Å²) in [5.74, 6) is 0.0994. The van der Waals surface area contributed by atoms with Gasteiger partial charge in [0.15, 0.2) is 0 Å². The van der Waals surface area contributed by atoms with Crippen LogP contribution in [-0.4, -0.2) is 53.1 Å². The van der Waals surface area contributed by atoms with E-state index in [0.717, 1.165) is 13.0 Å². The van der Waals surface area contributed by atoms with Crippen LogP contribution in [0.25, 0.3) is 0 Å². The maximum atomic E-state index is 12.3. The highest BCUT2D eigenvalue weighted by Gasteiger charge is 2.24. The van der Waals surface area contributed by atoms with Crippen LogP contribution in [0.4, 0.5) is 0 Å². The highest BCUT2D eigenvalue weighted by Crippen LogP contribution is 2.13. The first kappa shape index (κ1) is 14.2. The summed E-state index contributed by atoms with van der Waals surface area (Å²) in [7, 11) is 0. The zero-order valence-electron chi connectivity index (χ0n) is 11.0. The van der Waals surface area contributed by atoms with Crippen LogP contribution >= 0.6 is 11.3 Å². The number of hydrogen-bond donors (Lipinski definition) is 1. The Kier molecular flexibility index (Phi) is 5.13. The number of aliphatic hydroxyl groups is 1. The fraction of sp³-hybridized carbons (Fsp3) is 0.500. The Morgan fingerprint density at radius 2 is 2.53 bits per heavy atom. The molecule has 2 rings (SSSR count). The van der Waals surface area contributed by atoms with Gasteiger partial charge in [0.1, 0.15) is 0 Å². The van der Waals surface area contributed by atoms with Crippen molar-refractivity contribution < 1.29 is 9.90 Å². The van der Waals surface area contributed by atoms with Gasteiger partial charge in [0.2, 0.25) is 5.91 Å². The smallest absolute Gasteiger partial charge is 0.237 e. The van der Waals surface area contributed by atoms with Gasteiger partial charge in [0.25, 0.3) is 0 Å². The lowest BCUT2D eigenvalue weighted by Crippen LogP contribution is -2.39. The van der Waals surface area contributed by atoms with Gasteiger partial charge >= 0.3 is 0 Å². The minimum Gasteiger partial charge on any atom is -0.392 e. The van der Waals surface area contributed by atoms with Crippen molar-refractivity contribution in [3.8, 4) is 0 Å². The second kappa shape index (κ2) is 6.84. The largest absolute Gasteiger partial charge is 0.392 e. The number of nitrogens with zero attached hydrogens (tertiary/aromatic N) is 2.